The van der Waals surface area contributed by atoms with Crippen LogP contribution in [0.5, 0.6) is 0 Å². The number of aromatic nitrogens is 3. The highest BCUT2D eigenvalue weighted by molar-refractivity contribution is 6.33. The first-order valence-corrected chi connectivity index (χ1v) is 8.84. The average molecular weight is 414 g/mol. The molecular weight excluding hydrogens is 399 g/mol. The predicted octanol–water partition coefficient (Wildman–Crippen LogP) is 3.72. The molecule has 1 aliphatic rings. The van der Waals surface area contributed by atoms with Gasteiger partial charge in [-0.3, -0.25) is 4.90 Å². The first-order valence-electron chi connectivity index (χ1n) is 8.46. The molecule has 4 rings (SSSR count). The summed E-state index contributed by atoms with van der Waals surface area (Å²) in [5.74, 6) is 1.74. The lowest BCUT2D eigenvalue weighted by Gasteiger charge is -2.35. The van der Waals surface area contributed by atoms with Crippen molar-refractivity contribution in [1.82, 2.24) is 20.0 Å². The van der Waals surface area contributed by atoms with Crippen molar-refractivity contribution < 1.29 is 22.1 Å². The quantitative estimate of drug-likeness (QED) is 0.645. The Morgan fingerprint density at radius 3 is 2.61 bits per heavy atom. The Morgan fingerprint density at radius 1 is 1.18 bits per heavy atom. The fourth-order valence-electron chi connectivity index (χ4n) is 2.95. The summed E-state index contributed by atoms with van der Waals surface area (Å²) >= 11 is 6.03. The van der Waals surface area contributed by atoms with Crippen molar-refractivity contribution in [3.63, 3.8) is 0 Å². The second-order valence-corrected chi connectivity index (χ2v) is 6.69. The third-order valence-corrected chi connectivity index (χ3v) is 4.67. The van der Waals surface area contributed by atoms with Gasteiger partial charge in [0.2, 0.25) is 11.7 Å². The van der Waals surface area contributed by atoms with Crippen molar-refractivity contribution in [2.24, 2.45) is 0 Å². The number of piperazine rings is 1. The maximum absolute atomic E-state index is 12.7. The van der Waals surface area contributed by atoms with E-state index < -0.39 is 11.7 Å². The molecule has 0 aliphatic carbocycles. The number of hydrogen-bond acceptors (Lipinski definition) is 7. The van der Waals surface area contributed by atoms with Crippen LogP contribution in [0.1, 0.15) is 11.5 Å². The lowest BCUT2D eigenvalue weighted by molar-refractivity contribution is -0.137. The first kappa shape index (κ1) is 18.8. The standard InChI is InChI=1S/C17H15ClF3N5O2/c18-12-8-11(17(19,20)21)9-22-16(12)26-5-3-25(4-6-26)10-14-23-15(24-28-14)13-2-1-7-27-13/h1-2,7-9H,3-6,10H2. The number of furan rings is 1. The lowest BCUT2D eigenvalue weighted by Crippen LogP contribution is -2.46. The Hall–Kier alpha value is -2.59. The topological polar surface area (TPSA) is 71.4 Å². The van der Waals surface area contributed by atoms with E-state index in [1.165, 1.54) is 6.26 Å². The first-order chi connectivity index (χ1) is 13.4. The van der Waals surface area contributed by atoms with Crippen LogP contribution in [0.15, 0.2) is 39.6 Å². The molecule has 0 atom stereocenters. The van der Waals surface area contributed by atoms with E-state index in [1.54, 1.807) is 12.1 Å². The molecule has 3 aromatic rings. The van der Waals surface area contributed by atoms with Crippen LogP contribution in [-0.2, 0) is 12.7 Å². The molecular formula is C17H15ClF3N5O2. The molecule has 0 N–H and O–H groups in total. The van der Waals surface area contributed by atoms with E-state index in [-0.39, 0.29) is 5.02 Å². The van der Waals surface area contributed by atoms with Gasteiger partial charge in [0.25, 0.3) is 0 Å². The molecule has 0 bridgehead atoms. The van der Waals surface area contributed by atoms with Crippen LogP contribution in [0.2, 0.25) is 5.02 Å². The number of rotatable bonds is 4. The zero-order valence-corrected chi connectivity index (χ0v) is 15.2. The number of hydrogen-bond donors (Lipinski definition) is 0. The Morgan fingerprint density at radius 2 is 1.96 bits per heavy atom. The van der Waals surface area contributed by atoms with Gasteiger partial charge in [-0.25, -0.2) is 4.98 Å². The monoisotopic (exact) mass is 413 g/mol. The summed E-state index contributed by atoms with van der Waals surface area (Å²) in [7, 11) is 0. The zero-order chi connectivity index (χ0) is 19.7. The van der Waals surface area contributed by atoms with Crippen LogP contribution >= 0.6 is 11.6 Å². The molecule has 0 radical (unpaired) electrons. The Kier molecular flexibility index (Phi) is 4.98. The predicted molar refractivity (Wildman–Crippen MR) is 93.7 cm³/mol. The minimum Gasteiger partial charge on any atom is -0.461 e. The van der Waals surface area contributed by atoms with Gasteiger partial charge in [-0.05, 0) is 18.2 Å². The van der Waals surface area contributed by atoms with Gasteiger partial charge in [0.05, 0.1) is 23.4 Å². The molecule has 1 saturated heterocycles. The van der Waals surface area contributed by atoms with E-state index >= 15 is 0 Å². The van der Waals surface area contributed by atoms with Crippen LogP contribution in [0.4, 0.5) is 19.0 Å². The number of nitrogens with zero attached hydrogens (tertiary/aromatic N) is 5. The summed E-state index contributed by atoms with van der Waals surface area (Å²) in [5, 5.41) is 3.88. The largest absolute Gasteiger partial charge is 0.461 e. The smallest absolute Gasteiger partial charge is 0.417 e. The summed E-state index contributed by atoms with van der Waals surface area (Å²) in [4.78, 5) is 12.2. The molecule has 3 aromatic heterocycles. The number of halogens is 4. The minimum absolute atomic E-state index is 0.0109. The van der Waals surface area contributed by atoms with E-state index in [1.807, 2.05) is 4.90 Å². The summed E-state index contributed by atoms with van der Waals surface area (Å²) in [5.41, 5.74) is -0.858. The third-order valence-electron chi connectivity index (χ3n) is 4.39. The zero-order valence-electron chi connectivity index (χ0n) is 14.5. The highest BCUT2D eigenvalue weighted by Gasteiger charge is 2.32. The van der Waals surface area contributed by atoms with Gasteiger partial charge < -0.3 is 13.8 Å². The molecule has 4 heterocycles. The van der Waals surface area contributed by atoms with E-state index in [2.05, 4.69) is 20.0 Å². The third kappa shape index (κ3) is 3.97. The molecule has 0 unspecified atom stereocenters. The van der Waals surface area contributed by atoms with E-state index in [9.17, 15) is 13.2 Å². The van der Waals surface area contributed by atoms with Gasteiger partial charge in [-0.2, -0.15) is 18.2 Å². The van der Waals surface area contributed by atoms with Gasteiger partial charge in [0.1, 0.15) is 5.82 Å². The molecule has 0 saturated carbocycles. The van der Waals surface area contributed by atoms with Crippen LogP contribution < -0.4 is 4.90 Å². The fraction of sp³-hybridized carbons (Fsp3) is 0.353. The molecule has 11 heteroatoms. The summed E-state index contributed by atoms with van der Waals surface area (Å²) in [6.45, 7) is 2.90. The second kappa shape index (κ2) is 7.44. The van der Waals surface area contributed by atoms with Crippen molar-refractivity contribution in [3.05, 3.63) is 47.1 Å². The second-order valence-electron chi connectivity index (χ2n) is 6.28. The van der Waals surface area contributed by atoms with Crippen molar-refractivity contribution in [2.75, 3.05) is 31.1 Å². The minimum atomic E-state index is -4.47. The average Bonchev–Trinajstić information content (AvgIpc) is 3.33. The Bertz CT molecular complexity index is 937. The van der Waals surface area contributed by atoms with E-state index in [0.717, 1.165) is 12.3 Å². The Balaban J connectivity index is 1.36. The van der Waals surface area contributed by atoms with Crippen LogP contribution in [0, 0.1) is 0 Å². The van der Waals surface area contributed by atoms with Crippen molar-refractivity contribution in [3.8, 4) is 11.6 Å². The summed E-state index contributed by atoms with van der Waals surface area (Å²) < 4.78 is 48.7. The summed E-state index contributed by atoms with van der Waals surface area (Å²) in [6.07, 6.45) is -2.13. The maximum Gasteiger partial charge on any atom is 0.417 e. The Labute approximate surface area is 162 Å². The van der Waals surface area contributed by atoms with Crippen molar-refractivity contribution >= 4 is 17.4 Å². The van der Waals surface area contributed by atoms with Gasteiger partial charge in [-0.1, -0.05) is 16.8 Å². The van der Waals surface area contributed by atoms with Crippen LogP contribution in [-0.4, -0.2) is 46.2 Å². The van der Waals surface area contributed by atoms with Crippen LogP contribution in [0.3, 0.4) is 0 Å². The summed E-state index contributed by atoms with van der Waals surface area (Å²) in [6, 6.07) is 4.39. The normalized spacial score (nSPS) is 15.9. The maximum atomic E-state index is 12.7. The molecule has 148 valence electrons. The SMILES string of the molecule is FC(F)(F)c1cnc(N2CCN(Cc3nc(-c4ccco4)no3)CC2)c(Cl)c1. The molecule has 0 amide bonds. The van der Waals surface area contributed by atoms with Gasteiger partial charge >= 0.3 is 6.18 Å². The highest BCUT2D eigenvalue weighted by Crippen LogP contribution is 2.33. The molecule has 1 fully saturated rings. The van der Waals surface area contributed by atoms with Gasteiger partial charge in [-0.15, -0.1) is 0 Å². The molecule has 0 aromatic carbocycles. The number of alkyl halides is 3. The molecule has 7 nitrogen and oxygen atoms in total. The van der Waals surface area contributed by atoms with E-state index in [4.69, 9.17) is 20.5 Å². The van der Waals surface area contributed by atoms with Crippen molar-refractivity contribution in [2.45, 2.75) is 12.7 Å². The van der Waals surface area contributed by atoms with E-state index in [0.29, 0.717) is 56.0 Å². The highest BCUT2D eigenvalue weighted by atomic mass is 35.5. The molecule has 0 spiro atoms. The fourth-order valence-corrected chi connectivity index (χ4v) is 3.24. The van der Waals surface area contributed by atoms with Crippen molar-refractivity contribution in [1.29, 1.82) is 0 Å². The number of anilines is 1. The van der Waals surface area contributed by atoms with Crippen LogP contribution in [0.25, 0.3) is 11.6 Å². The lowest BCUT2D eigenvalue weighted by atomic mass is 10.2. The molecule has 1 aliphatic heterocycles. The van der Waals surface area contributed by atoms with Gasteiger partial charge in [0, 0.05) is 32.4 Å². The van der Waals surface area contributed by atoms with Gasteiger partial charge in [0.15, 0.2) is 5.76 Å². The number of pyridine rings is 1. The molecule has 28 heavy (non-hydrogen) atoms.